The van der Waals surface area contributed by atoms with Gasteiger partial charge in [0.25, 0.3) is 0 Å². The van der Waals surface area contributed by atoms with Gasteiger partial charge in [0.15, 0.2) is 0 Å². The molecule has 1 fully saturated rings. The SMILES string of the molecule is CC1(C)CCc2c(-c3cc(F)nc(NCC4(Cc5cccc(F)c5)CC4)c3)n[nH]c2C1. The first-order chi connectivity index (χ1) is 14.8. The number of hydrogen-bond acceptors (Lipinski definition) is 3. The van der Waals surface area contributed by atoms with Crippen LogP contribution in [0, 0.1) is 22.6 Å². The molecule has 0 atom stereocenters. The maximum Gasteiger partial charge on any atom is 0.215 e. The fraction of sp³-hybridized carbons (Fsp3) is 0.440. The number of fused-ring (bicyclic) bond motifs is 1. The summed E-state index contributed by atoms with van der Waals surface area (Å²) < 4.78 is 27.9. The number of anilines is 1. The van der Waals surface area contributed by atoms with Crippen LogP contribution in [0.4, 0.5) is 14.6 Å². The van der Waals surface area contributed by atoms with Crippen LogP contribution in [0.2, 0.25) is 0 Å². The molecule has 2 aromatic heterocycles. The monoisotopic (exact) mass is 422 g/mol. The second-order valence-electron chi connectivity index (χ2n) is 10.1. The molecule has 3 aromatic rings. The van der Waals surface area contributed by atoms with Gasteiger partial charge in [-0.05, 0) is 73.1 Å². The molecule has 6 heteroatoms. The molecule has 0 amide bonds. The Bertz CT molecular complexity index is 1110. The maximum atomic E-state index is 14.4. The van der Waals surface area contributed by atoms with Crippen molar-refractivity contribution >= 4 is 5.82 Å². The molecular weight excluding hydrogens is 394 g/mol. The molecule has 2 N–H and O–H groups in total. The zero-order chi connectivity index (χ0) is 21.6. The van der Waals surface area contributed by atoms with Gasteiger partial charge in [0, 0.05) is 29.4 Å². The molecule has 1 saturated carbocycles. The first kappa shape index (κ1) is 20.2. The Morgan fingerprint density at radius 2 is 1.94 bits per heavy atom. The van der Waals surface area contributed by atoms with Gasteiger partial charge in [0.05, 0.1) is 5.69 Å². The number of nitrogens with one attached hydrogen (secondary N) is 2. The molecule has 2 heterocycles. The Morgan fingerprint density at radius 3 is 2.71 bits per heavy atom. The van der Waals surface area contributed by atoms with Crippen LogP contribution in [0.25, 0.3) is 11.3 Å². The van der Waals surface area contributed by atoms with Crippen LogP contribution in [0.5, 0.6) is 0 Å². The van der Waals surface area contributed by atoms with E-state index in [0.717, 1.165) is 61.0 Å². The minimum Gasteiger partial charge on any atom is -0.369 e. The number of pyridine rings is 1. The van der Waals surface area contributed by atoms with Crippen LogP contribution in [0.15, 0.2) is 36.4 Å². The third kappa shape index (κ3) is 4.34. The van der Waals surface area contributed by atoms with E-state index >= 15 is 0 Å². The smallest absolute Gasteiger partial charge is 0.215 e. The minimum absolute atomic E-state index is 0.0824. The zero-order valence-corrected chi connectivity index (χ0v) is 18.1. The van der Waals surface area contributed by atoms with Crippen molar-refractivity contribution in [2.24, 2.45) is 10.8 Å². The standard InChI is InChI=1S/C25H28F2N4/c1-24(2)7-6-19-20(14-24)30-31-23(19)17-11-21(27)29-22(12-17)28-15-25(8-9-25)13-16-4-3-5-18(26)10-16/h3-5,10-12H,6-9,13-15H2,1-2H3,(H,28,29)(H,30,31). The molecular formula is C25H28F2N4. The second-order valence-corrected chi connectivity index (χ2v) is 10.1. The summed E-state index contributed by atoms with van der Waals surface area (Å²) in [7, 11) is 0. The molecule has 162 valence electrons. The quantitative estimate of drug-likeness (QED) is 0.501. The molecule has 5 rings (SSSR count). The Hall–Kier alpha value is -2.76. The van der Waals surface area contributed by atoms with E-state index < -0.39 is 5.95 Å². The van der Waals surface area contributed by atoms with Gasteiger partial charge in [-0.25, -0.2) is 9.37 Å². The molecule has 4 nitrogen and oxygen atoms in total. The van der Waals surface area contributed by atoms with E-state index in [2.05, 4.69) is 34.3 Å². The topological polar surface area (TPSA) is 53.6 Å². The molecule has 0 saturated heterocycles. The number of hydrogen-bond donors (Lipinski definition) is 2. The molecule has 0 aliphatic heterocycles. The summed E-state index contributed by atoms with van der Waals surface area (Å²) in [4.78, 5) is 4.06. The number of aromatic amines is 1. The van der Waals surface area contributed by atoms with Gasteiger partial charge >= 0.3 is 0 Å². The predicted octanol–water partition coefficient (Wildman–Crippen LogP) is 5.70. The fourth-order valence-corrected chi connectivity index (χ4v) is 4.76. The van der Waals surface area contributed by atoms with Gasteiger partial charge in [-0.15, -0.1) is 0 Å². The van der Waals surface area contributed by atoms with E-state index in [0.29, 0.717) is 12.4 Å². The highest BCUT2D eigenvalue weighted by atomic mass is 19.1. The summed E-state index contributed by atoms with van der Waals surface area (Å²) in [5.41, 5.74) is 5.27. The minimum atomic E-state index is -0.511. The third-order valence-electron chi connectivity index (χ3n) is 6.80. The van der Waals surface area contributed by atoms with E-state index in [1.54, 1.807) is 12.1 Å². The molecule has 0 radical (unpaired) electrons. The van der Waals surface area contributed by atoms with Crippen LogP contribution >= 0.6 is 0 Å². The summed E-state index contributed by atoms with van der Waals surface area (Å²) in [5.74, 6) is -0.195. The van der Waals surface area contributed by atoms with E-state index in [9.17, 15) is 8.78 Å². The van der Waals surface area contributed by atoms with Crippen molar-refractivity contribution in [3.63, 3.8) is 0 Å². The molecule has 31 heavy (non-hydrogen) atoms. The lowest BCUT2D eigenvalue weighted by Gasteiger charge is -2.29. The number of rotatable bonds is 6. The van der Waals surface area contributed by atoms with E-state index in [4.69, 9.17) is 0 Å². The van der Waals surface area contributed by atoms with E-state index in [-0.39, 0.29) is 16.6 Å². The Kier molecular flexibility index (Phi) is 4.83. The number of nitrogens with zero attached hydrogens (tertiary/aromatic N) is 2. The van der Waals surface area contributed by atoms with Gasteiger partial charge in [-0.2, -0.15) is 9.49 Å². The highest BCUT2D eigenvalue weighted by Gasteiger charge is 2.42. The summed E-state index contributed by atoms with van der Waals surface area (Å²) in [6.07, 6.45) is 5.94. The van der Waals surface area contributed by atoms with Crippen molar-refractivity contribution in [3.8, 4) is 11.3 Å². The van der Waals surface area contributed by atoms with E-state index in [1.807, 2.05) is 12.1 Å². The van der Waals surface area contributed by atoms with Crippen LogP contribution in [0.1, 0.15) is 49.9 Å². The van der Waals surface area contributed by atoms with Crippen LogP contribution < -0.4 is 5.32 Å². The highest BCUT2D eigenvalue weighted by molar-refractivity contribution is 5.67. The summed E-state index contributed by atoms with van der Waals surface area (Å²) in [6.45, 7) is 5.22. The number of halogens is 2. The molecule has 1 aromatic carbocycles. The number of aromatic nitrogens is 3. The molecule has 2 aliphatic rings. The van der Waals surface area contributed by atoms with Crippen molar-refractivity contribution in [1.82, 2.24) is 15.2 Å². The normalized spacial score (nSPS) is 18.5. The Morgan fingerprint density at radius 1 is 1.10 bits per heavy atom. The fourth-order valence-electron chi connectivity index (χ4n) is 4.76. The predicted molar refractivity (Wildman–Crippen MR) is 118 cm³/mol. The lowest BCUT2D eigenvalue weighted by molar-refractivity contribution is 0.312. The maximum absolute atomic E-state index is 14.4. The lowest BCUT2D eigenvalue weighted by Crippen LogP contribution is -2.22. The van der Waals surface area contributed by atoms with Gasteiger partial charge in [0.1, 0.15) is 11.6 Å². The summed E-state index contributed by atoms with van der Waals surface area (Å²) in [5, 5.41) is 11.0. The molecule has 2 aliphatic carbocycles. The summed E-state index contributed by atoms with van der Waals surface area (Å²) >= 11 is 0. The average Bonchev–Trinajstić information content (AvgIpc) is 3.34. The average molecular weight is 423 g/mol. The largest absolute Gasteiger partial charge is 0.369 e. The first-order valence-corrected chi connectivity index (χ1v) is 11.0. The van der Waals surface area contributed by atoms with Crippen molar-refractivity contribution < 1.29 is 8.78 Å². The summed E-state index contributed by atoms with van der Waals surface area (Å²) in [6, 6.07) is 10.1. The van der Waals surface area contributed by atoms with Crippen LogP contribution in [-0.2, 0) is 19.3 Å². The lowest BCUT2D eigenvalue weighted by atomic mass is 9.76. The zero-order valence-electron chi connectivity index (χ0n) is 18.1. The highest BCUT2D eigenvalue weighted by Crippen LogP contribution is 2.48. The van der Waals surface area contributed by atoms with Crippen LogP contribution in [-0.4, -0.2) is 21.7 Å². The van der Waals surface area contributed by atoms with Gasteiger partial charge < -0.3 is 5.32 Å². The van der Waals surface area contributed by atoms with Gasteiger partial charge in [-0.3, -0.25) is 5.10 Å². The third-order valence-corrected chi connectivity index (χ3v) is 6.80. The van der Waals surface area contributed by atoms with Crippen molar-refractivity contribution in [2.75, 3.05) is 11.9 Å². The van der Waals surface area contributed by atoms with Gasteiger partial charge in [0.2, 0.25) is 5.95 Å². The van der Waals surface area contributed by atoms with Crippen molar-refractivity contribution in [1.29, 1.82) is 0 Å². The molecule has 0 bridgehead atoms. The second kappa shape index (κ2) is 7.43. The Balaban J connectivity index is 1.33. The number of H-pyrrole nitrogens is 1. The molecule has 0 unspecified atom stereocenters. The number of benzene rings is 1. The van der Waals surface area contributed by atoms with Crippen molar-refractivity contribution in [3.05, 3.63) is 65.0 Å². The van der Waals surface area contributed by atoms with Gasteiger partial charge in [-0.1, -0.05) is 26.0 Å². The van der Waals surface area contributed by atoms with Crippen LogP contribution in [0.3, 0.4) is 0 Å². The van der Waals surface area contributed by atoms with Crippen molar-refractivity contribution in [2.45, 2.75) is 52.4 Å². The van der Waals surface area contributed by atoms with E-state index in [1.165, 1.54) is 17.7 Å². The first-order valence-electron chi connectivity index (χ1n) is 11.0. The molecule has 0 spiro atoms. The Labute approximate surface area is 181 Å².